The molecule has 5 nitrogen and oxygen atoms in total. The minimum absolute atomic E-state index is 0.00419. The van der Waals surface area contributed by atoms with E-state index in [-0.39, 0.29) is 5.91 Å². The van der Waals surface area contributed by atoms with Crippen LogP contribution in [0.5, 0.6) is 0 Å². The van der Waals surface area contributed by atoms with Gasteiger partial charge >= 0.3 is 0 Å². The standard InChI is InChI=1S/C15H20N4O/c1-3-13-14(10-19(2)18-13)17-15(20)9-6-11-4-7-12(16)8-5-11/h4-5,7-8,10H,3,6,9,16H2,1-2H3,(H,17,20). The van der Waals surface area contributed by atoms with E-state index in [9.17, 15) is 4.79 Å². The number of amides is 1. The maximum absolute atomic E-state index is 12.0. The van der Waals surface area contributed by atoms with Gasteiger partial charge in [0.2, 0.25) is 5.91 Å². The Bertz CT molecular complexity index is 586. The summed E-state index contributed by atoms with van der Waals surface area (Å²) in [5, 5.41) is 7.22. The Morgan fingerprint density at radius 3 is 2.70 bits per heavy atom. The Morgan fingerprint density at radius 1 is 1.35 bits per heavy atom. The van der Waals surface area contributed by atoms with Gasteiger partial charge in [-0.2, -0.15) is 5.10 Å². The molecule has 3 N–H and O–H groups in total. The molecule has 1 aromatic carbocycles. The number of hydrogen-bond acceptors (Lipinski definition) is 3. The van der Waals surface area contributed by atoms with Crippen LogP contribution in [-0.2, 0) is 24.7 Å². The monoisotopic (exact) mass is 272 g/mol. The predicted octanol–water partition coefficient (Wildman–Crippen LogP) is 2.14. The first-order chi connectivity index (χ1) is 9.58. The maximum atomic E-state index is 12.0. The van der Waals surface area contributed by atoms with Gasteiger partial charge in [-0.15, -0.1) is 0 Å². The van der Waals surface area contributed by atoms with E-state index in [2.05, 4.69) is 10.4 Å². The second kappa shape index (κ2) is 6.23. The molecule has 1 amide bonds. The molecule has 0 aliphatic rings. The predicted molar refractivity (Wildman–Crippen MR) is 80.4 cm³/mol. The van der Waals surface area contributed by atoms with Gasteiger partial charge < -0.3 is 11.1 Å². The van der Waals surface area contributed by atoms with Crippen molar-refractivity contribution in [3.63, 3.8) is 0 Å². The maximum Gasteiger partial charge on any atom is 0.224 e. The average Bonchev–Trinajstić information content (AvgIpc) is 2.78. The van der Waals surface area contributed by atoms with Crippen LogP contribution < -0.4 is 11.1 Å². The van der Waals surface area contributed by atoms with Crippen LogP contribution in [0.15, 0.2) is 30.5 Å². The van der Waals surface area contributed by atoms with Crippen molar-refractivity contribution in [2.24, 2.45) is 7.05 Å². The van der Waals surface area contributed by atoms with Gasteiger partial charge in [0.25, 0.3) is 0 Å². The molecule has 0 aliphatic heterocycles. The van der Waals surface area contributed by atoms with Crippen LogP contribution in [0.3, 0.4) is 0 Å². The quantitative estimate of drug-likeness (QED) is 0.819. The number of nitrogens with two attached hydrogens (primary N) is 1. The lowest BCUT2D eigenvalue weighted by Gasteiger charge is -2.05. The molecule has 0 unspecified atom stereocenters. The lowest BCUT2D eigenvalue weighted by Crippen LogP contribution is -2.13. The van der Waals surface area contributed by atoms with Crippen LogP contribution in [-0.4, -0.2) is 15.7 Å². The largest absolute Gasteiger partial charge is 0.399 e. The third-order valence-corrected chi connectivity index (χ3v) is 3.13. The van der Waals surface area contributed by atoms with Crippen molar-refractivity contribution < 1.29 is 4.79 Å². The Hall–Kier alpha value is -2.30. The highest BCUT2D eigenvalue weighted by molar-refractivity contribution is 5.91. The van der Waals surface area contributed by atoms with Gasteiger partial charge in [-0.1, -0.05) is 19.1 Å². The van der Waals surface area contributed by atoms with Gasteiger partial charge in [0.05, 0.1) is 11.4 Å². The van der Waals surface area contributed by atoms with Crippen LogP contribution in [0.2, 0.25) is 0 Å². The lowest BCUT2D eigenvalue weighted by atomic mass is 10.1. The molecule has 0 spiro atoms. The molecule has 0 saturated carbocycles. The lowest BCUT2D eigenvalue weighted by molar-refractivity contribution is -0.116. The van der Waals surface area contributed by atoms with E-state index in [0.29, 0.717) is 12.8 Å². The number of carbonyl (C=O) groups is 1. The molecule has 0 saturated heterocycles. The molecule has 5 heteroatoms. The molecule has 1 aromatic heterocycles. The molecule has 1 heterocycles. The molecule has 0 atom stereocenters. The highest BCUT2D eigenvalue weighted by Crippen LogP contribution is 2.14. The summed E-state index contributed by atoms with van der Waals surface area (Å²) in [5.41, 5.74) is 9.19. The van der Waals surface area contributed by atoms with Crippen molar-refractivity contribution in [3.8, 4) is 0 Å². The Morgan fingerprint density at radius 2 is 2.05 bits per heavy atom. The molecule has 2 aromatic rings. The normalized spacial score (nSPS) is 10.5. The van der Waals surface area contributed by atoms with Crippen LogP contribution in [0.4, 0.5) is 11.4 Å². The first kappa shape index (κ1) is 14.1. The first-order valence-corrected chi connectivity index (χ1v) is 6.75. The number of aryl methyl sites for hydroxylation is 3. The summed E-state index contributed by atoms with van der Waals surface area (Å²) in [7, 11) is 1.85. The van der Waals surface area contributed by atoms with Gasteiger partial charge in [-0.25, -0.2) is 0 Å². The zero-order valence-corrected chi connectivity index (χ0v) is 11.9. The van der Waals surface area contributed by atoms with E-state index in [4.69, 9.17) is 5.73 Å². The SMILES string of the molecule is CCc1nn(C)cc1NC(=O)CCc1ccc(N)cc1. The Kier molecular flexibility index (Phi) is 4.40. The fraction of sp³-hybridized carbons (Fsp3) is 0.333. The fourth-order valence-electron chi connectivity index (χ4n) is 2.05. The Balaban J connectivity index is 1.90. The number of nitrogen functional groups attached to an aromatic ring is 1. The second-order valence-corrected chi connectivity index (χ2v) is 4.81. The molecule has 106 valence electrons. The van der Waals surface area contributed by atoms with Gasteiger partial charge in [0.1, 0.15) is 0 Å². The summed E-state index contributed by atoms with van der Waals surface area (Å²) >= 11 is 0. The van der Waals surface area contributed by atoms with E-state index in [1.165, 1.54) is 0 Å². The van der Waals surface area contributed by atoms with E-state index < -0.39 is 0 Å². The number of carbonyl (C=O) groups excluding carboxylic acids is 1. The smallest absolute Gasteiger partial charge is 0.224 e. The minimum atomic E-state index is 0.00419. The third kappa shape index (κ3) is 3.60. The topological polar surface area (TPSA) is 72.9 Å². The summed E-state index contributed by atoms with van der Waals surface area (Å²) < 4.78 is 1.72. The number of rotatable bonds is 5. The van der Waals surface area contributed by atoms with E-state index in [0.717, 1.165) is 29.1 Å². The highest BCUT2D eigenvalue weighted by atomic mass is 16.1. The van der Waals surface area contributed by atoms with Crippen molar-refractivity contribution >= 4 is 17.3 Å². The first-order valence-electron chi connectivity index (χ1n) is 6.75. The summed E-state index contributed by atoms with van der Waals surface area (Å²) in [6.07, 6.45) is 3.78. The molecule has 0 fully saturated rings. The van der Waals surface area contributed by atoms with Gasteiger partial charge in [0, 0.05) is 25.4 Å². The van der Waals surface area contributed by atoms with E-state index in [1.54, 1.807) is 4.68 Å². The molecule has 0 bridgehead atoms. The zero-order chi connectivity index (χ0) is 14.5. The summed E-state index contributed by atoms with van der Waals surface area (Å²) in [6.45, 7) is 2.02. The Labute approximate surface area is 118 Å². The summed E-state index contributed by atoms with van der Waals surface area (Å²) in [4.78, 5) is 12.0. The van der Waals surface area contributed by atoms with Gasteiger partial charge in [-0.3, -0.25) is 9.48 Å². The van der Waals surface area contributed by atoms with E-state index in [1.807, 2.05) is 44.4 Å². The van der Waals surface area contributed by atoms with Crippen molar-refractivity contribution in [2.45, 2.75) is 26.2 Å². The summed E-state index contributed by atoms with van der Waals surface area (Å²) in [6, 6.07) is 7.60. The molecular weight excluding hydrogens is 252 g/mol. The third-order valence-electron chi connectivity index (χ3n) is 3.13. The van der Waals surface area contributed by atoms with Gasteiger partial charge in [0.15, 0.2) is 0 Å². The van der Waals surface area contributed by atoms with Crippen LogP contribution in [0.25, 0.3) is 0 Å². The molecule has 0 aliphatic carbocycles. The minimum Gasteiger partial charge on any atom is -0.399 e. The van der Waals surface area contributed by atoms with Crippen LogP contribution in [0, 0.1) is 0 Å². The molecular formula is C15H20N4O. The molecule has 20 heavy (non-hydrogen) atoms. The second-order valence-electron chi connectivity index (χ2n) is 4.81. The summed E-state index contributed by atoms with van der Waals surface area (Å²) in [5.74, 6) is 0.00419. The zero-order valence-electron chi connectivity index (χ0n) is 11.9. The number of aromatic nitrogens is 2. The van der Waals surface area contributed by atoms with Crippen molar-refractivity contribution in [3.05, 3.63) is 41.7 Å². The van der Waals surface area contributed by atoms with Crippen LogP contribution >= 0.6 is 0 Å². The number of benzene rings is 1. The number of hydrogen-bond donors (Lipinski definition) is 2. The number of nitrogens with one attached hydrogen (secondary N) is 1. The highest BCUT2D eigenvalue weighted by Gasteiger charge is 2.09. The molecule has 0 radical (unpaired) electrons. The number of anilines is 2. The van der Waals surface area contributed by atoms with Gasteiger partial charge in [-0.05, 0) is 30.5 Å². The van der Waals surface area contributed by atoms with Crippen LogP contribution in [0.1, 0.15) is 24.6 Å². The van der Waals surface area contributed by atoms with E-state index >= 15 is 0 Å². The van der Waals surface area contributed by atoms with Crippen molar-refractivity contribution in [2.75, 3.05) is 11.1 Å². The molecule has 2 rings (SSSR count). The fourth-order valence-corrected chi connectivity index (χ4v) is 2.05. The number of nitrogens with zero attached hydrogens (tertiary/aromatic N) is 2. The van der Waals surface area contributed by atoms with Crippen molar-refractivity contribution in [1.29, 1.82) is 0 Å². The average molecular weight is 272 g/mol. The van der Waals surface area contributed by atoms with Crippen molar-refractivity contribution in [1.82, 2.24) is 9.78 Å².